The fourth-order valence-corrected chi connectivity index (χ4v) is 5.05. The second-order valence-corrected chi connectivity index (χ2v) is 10.3. The summed E-state index contributed by atoms with van der Waals surface area (Å²) in [6.45, 7) is 3.54. The highest BCUT2D eigenvalue weighted by Crippen LogP contribution is 2.40. The first-order chi connectivity index (χ1) is 22.1. The molecule has 1 fully saturated rings. The second-order valence-electron chi connectivity index (χ2n) is 10.3. The number of fused-ring (bicyclic) bond motifs is 1. The standard InChI is InChI=1S/C31H30F3NO12/c1-15(36)42-14-25-26(43-16(2)37)27(44-17(3)38)28(45-18(4)39)30(46-25)47-35-23-12-20(19-9-7-6-8-10-19)11-22(31(32,33)34)21(23)13-24(35)29(40)41-5/h6-13,25-28,30H,14H2,1-5H3/t25-,26-,27+,28-,30+/m1/s1. The van der Waals surface area contributed by atoms with Crippen LogP contribution < -0.4 is 4.84 Å². The second kappa shape index (κ2) is 14.1. The zero-order valence-corrected chi connectivity index (χ0v) is 25.7. The lowest BCUT2D eigenvalue weighted by Gasteiger charge is -2.43. The van der Waals surface area contributed by atoms with E-state index in [-0.39, 0.29) is 11.1 Å². The molecule has 5 atom stereocenters. The number of methoxy groups -OCH3 is 1. The van der Waals surface area contributed by atoms with Crippen molar-refractivity contribution in [1.82, 2.24) is 4.73 Å². The Morgan fingerprint density at radius 3 is 1.94 bits per heavy atom. The largest absolute Gasteiger partial charge is 0.464 e. The monoisotopic (exact) mass is 665 g/mol. The van der Waals surface area contributed by atoms with Crippen LogP contribution in [0.3, 0.4) is 0 Å². The smallest absolute Gasteiger partial charge is 0.417 e. The van der Waals surface area contributed by atoms with Gasteiger partial charge in [-0.1, -0.05) is 30.3 Å². The summed E-state index contributed by atoms with van der Waals surface area (Å²) in [5.41, 5.74) is -1.40. The van der Waals surface area contributed by atoms with Crippen LogP contribution in [0.5, 0.6) is 0 Å². The molecule has 1 saturated heterocycles. The fraction of sp³-hybridized carbons (Fsp3) is 0.387. The van der Waals surface area contributed by atoms with Gasteiger partial charge >= 0.3 is 36.0 Å². The SMILES string of the molecule is COC(=O)c1cc2c(C(F)(F)F)cc(-c3ccccc3)cc2n1O[C@@H]1O[C@H](COC(C)=O)[C@@H](OC(C)=O)[C@H](OC(C)=O)[C@H]1OC(C)=O. The molecule has 0 bridgehead atoms. The summed E-state index contributed by atoms with van der Waals surface area (Å²) in [6.07, 6.45) is -13.1. The van der Waals surface area contributed by atoms with E-state index < -0.39 is 90.0 Å². The number of hydrogen-bond acceptors (Lipinski definition) is 12. The number of halogens is 3. The lowest BCUT2D eigenvalue weighted by atomic mass is 9.98. The molecular weight excluding hydrogens is 635 g/mol. The summed E-state index contributed by atoms with van der Waals surface area (Å²) < 4.78 is 75.9. The molecule has 0 amide bonds. The van der Waals surface area contributed by atoms with Crippen molar-refractivity contribution in [2.75, 3.05) is 13.7 Å². The van der Waals surface area contributed by atoms with Crippen LogP contribution in [0, 0.1) is 0 Å². The minimum Gasteiger partial charge on any atom is -0.464 e. The third-order valence-electron chi connectivity index (χ3n) is 6.84. The maximum Gasteiger partial charge on any atom is 0.417 e. The van der Waals surface area contributed by atoms with E-state index in [0.29, 0.717) is 10.3 Å². The molecule has 0 radical (unpaired) electrons. The summed E-state index contributed by atoms with van der Waals surface area (Å²) in [4.78, 5) is 67.1. The molecule has 0 saturated carbocycles. The van der Waals surface area contributed by atoms with Crippen LogP contribution >= 0.6 is 0 Å². The molecule has 1 aliphatic heterocycles. The number of hydrogen-bond donors (Lipinski definition) is 0. The number of nitrogens with zero attached hydrogens (tertiary/aromatic N) is 1. The number of benzene rings is 2. The Balaban J connectivity index is 1.95. The van der Waals surface area contributed by atoms with Crippen LogP contribution in [0.25, 0.3) is 22.0 Å². The molecule has 1 aliphatic rings. The van der Waals surface area contributed by atoms with Gasteiger partial charge in [0, 0.05) is 33.1 Å². The molecule has 0 spiro atoms. The summed E-state index contributed by atoms with van der Waals surface area (Å²) in [5, 5.41) is -0.455. The average Bonchev–Trinajstić information content (AvgIpc) is 3.35. The number of ether oxygens (including phenoxy) is 6. The zero-order chi connectivity index (χ0) is 34.6. The molecule has 2 heterocycles. The molecule has 4 rings (SSSR count). The van der Waals surface area contributed by atoms with Gasteiger partial charge in [-0.2, -0.15) is 17.9 Å². The van der Waals surface area contributed by atoms with E-state index in [2.05, 4.69) is 0 Å². The van der Waals surface area contributed by atoms with Gasteiger partial charge < -0.3 is 33.3 Å². The molecule has 1 aromatic heterocycles. The highest BCUT2D eigenvalue weighted by atomic mass is 19.4. The molecule has 0 aliphatic carbocycles. The van der Waals surface area contributed by atoms with Gasteiger partial charge in [0.2, 0.25) is 6.10 Å². The molecule has 16 heteroatoms. The van der Waals surface area contributed by atoms with E-state index in [4.69, 9.17) is 33.3 Å². The first-order valence-corrected chi connectivity index (χ1v) is 14.0. The number of carbonyl (C=O) groups excluding carboxylic acids is 5. The summed E-state index contributed by atoms with van der Waals surface area (Å²) in [7, 11) is 0.999. The molecule has 47 heavy (non-hydrogen) atoms. The fourth-order valence-electron chi connectivity index (χ4n) is 5.05. The van der Waals surface area contributed by atoms with Crippen molar-refractivity contribution in [2.45, 2.75) is 64.6 Å². The van der Waals surface area contributed by atoms with Crippen LogP contribution in [0.15, 0.2) is 48.5 Å². The Morgan fingerprint density at radius 1 is 0.787 bits per heavy atom. The Kier molecular flexibility index (Phi) is 10.4. The first kappa shape index (κ1) is 34.7. The Bertz CT molecular complexity index is 1670. The van der Waals surface area contributed by atoms with Crippen LogP contribution in [0.2, 0.25) is 0 Å². The van der Waals surface area contributed by atoms with Gasteiger partial charge in [-0.25, -0.2) is 4.79 Å². The van der Waals surface area contributed by atoms with Crippen LogP contribution in [0.1, 0.15) is 43.7 Å². The summed E-state index contributed by atoms with van der Waals surface area (Å²) in [5.74, 6) is -4.61. The molecular formula is C31H30F3NO12. The Labute approximate surface area is 265 Å². The molecule has 0 unspecified atom stereocenters. The maximum atomic E-state index is 14.4. The molecule has 0 N–H and O–H groups in total. The number of alkyl halides is 3. The van der Waals surface area contributed by atoms with E-state index in [0.717, 1.165) is 46.9 Å². The van der Waals surface area contributed by atoms with Crippen LogP contribution in [0.4, 0.5) is 13.2 Å². The van der Waals surface area contributed by atoms with Crippen LogP contribution in [-0.2, 0) is 53.8 Å². The number of carbonyl (C=O) groups is 5. The number of esters is 5. The normalized spacial score (nSPS) is 21.0. The lowest BCUT2D eigenvalue weighted by molar-refractivity contribution is -0.306. The summed E-state index contributed by atoms with van der Waals surface area (Å²) >= 11 is 0. The summed E-state index contributed by atoms with van der Waals surface area (Å²) in [6, 6.07) is 11.2. The highest BCUT2D eigenvalue weighted by Gasteiger charge is 2.54. The van der Waals surface area contributed by atoms with E-state index >= 15 is 0 Å². The zero-order valence-electron chi connectivity index (χ0n) is 25.7. The molecule has 3 aromatic rings. The van der Waals surface area contributed by atoms with Gasteiger partial charge in [0.05, 0.1) is 18.2 Å². The van der Waals surface area contributed by atoms with Crippen molar-refractivity contribution in [3.8, 4) is 11.1 Å². The van der Waals surface area contributed by atoms with E-state index in [1.165, 1.54) is 6.07 Å². The maximum absolute atomic E-state index is 14.4. The van der Waals surface area contributed by atoms with Gasteiger partial charge in [0.1, 0.15) is 12.7 Å². The van der Waals surface area contributed by atoms with Crippen molar-refractivity contribution in [1.29, 1.82) is 0 Å². The van der Waals surface area contributed by atoms with Crippen molar-refractivity contribution in [2.24, 2.45) is 0 Å². The van der Waals surface area contributed by atoms with Crippen molar-refractivity contribution < 1.29 is 70.4 Å². The van der Waals surface area contributed by atoms with E-state index in [9.17, 15) is 37.1 Å². The highest BCUT2D eigenvalue weighted by molar-refractivity contribution is 5.98. The first-order valence-electron chi connectivity index (χ1n) is 14.0. The van der Waals surface area contributed by atoms with Gasteiger partial charge in [-0.3, -0.25) is 19.2 Å². The quantitative estimate of drug-likeness (QED) is 0.242. The third kappa shape index (κ3) is 8.00. The predicted octanol–water partition coefficient (Wildman–Crippen LogP) is 3.63. The lowest BCUT2D eigenvalue weighted by Crippen LogP contribution is -2.64. The van der Waals surface area contributed by atoms with E-state index in [1.54, 1.807) is 30.3 Å². The minimum atomic E-state index is -4.89. The van der Waals surface area contributed by atoms with Crippen molar-refractivity contribution >= 4 is 40.7 Å². The Morgan fingerprint density at radius 2 is 1.38 bits per heavy atom. The molecule has 2 aromatic carbocycles. The van der Waals surface area contributed by atoms with Gasteiger partial charge in [0.25, 0.3) is 6.29 Å². The Hall–Kier alpha value is -5.12. The topological polar surface area (TPSA) is 155 Å². The number of aromatic nitrogens is 1. The van der Waals surface area contributed by atoms with Crippen LogP contribution in [-0.4, -0.2) is 79.0 Å². The predicted molar refractivity (Wildman–Crippen MR) is 152 cm³/mol. The third-order valence-corrected chi connectivity index (χ3v) is 6.84. The van der Waals surface area contributed by atoms with Gasteiger partial charge in [0.15, 0.2) is 17.9 Å². The van der Waals surface area contributed by atoms with Gasteiger partial charge in [-0.05, 0) is 29.3 Å². The minimum absolute atomic E-state index is 0.103. The molecule has 252 valence electrons. The molecule has 13 nitrogen and oxygen atoms in total. The number of rotatable bonds is 9. The average molecular weight is 666 g/mol. The van der Waals surface area contributed by atoms with Crippen molar-refractivity contribution in [3.63, 3.8) is 0 Å². The van der Waals surface area contributed by atoms with E-state index in [1.807, 2.05) is 0 Å². The van der Waals surface area contributed by atoms with Gasteiger partial charge in [-0.15, -0.1) is 0 Å². The van der Waals surface area contributed by atoms with Crippen molar-refractivity contribution in [3.05, 3.63) is 59.8 Å².